The Labute approximate surface area is 150 Å². The number of nitrogens with zero attached hydrogens (tertiary/aromatic N) is 3. The van der Waals surface area contributed by atoms with Gasteiger partial charge >= 0.3 is 0 Å². The highest BCUT2D eigenvalue weighted by Crippen LogP contribution is 2.35. The molecule has 0 radical (unpaired) electrons. The van der Waals surface area contributed by atoms with Crippen molar-refractivity contribution in [3.63, 3.8) is 0 Å². The fourth-order valence-corrected chi connectivity index (χ4v) is 4.47. The molecule has 1 unspecified atom stereocenters. The van der Waals surface area contributed by atoms with Crippen molar-refractivity contribution in [2.24, 2.45) is 0 Å². The van der Waals surface area contributed by atoms with Crippen LogP contribution < -0.4 is 4.74 Å². The number of methoxy groups -OCH3 is 1. The Morgan fingerprint density at radius 1 is 1.04 bits per heavy atom. The molecule has 1 aliphatic carbocycles. The maximum absolute atomic E-state index is 5.39. The van der Waals surface area contributed by atoms with Gasteiger partial charge in [-0.3, -0.25) is 14.9 Å². The van der Waals surface area contributed by atoms with Crippen LogP contribution >= 0.6 is 0 Å². The lowest BCUT2D eigenvalue weighted by atomic mass is 9.90. The number of benzene rings is 1. The molecule has 1 aromatic heterocycles. The minimum absolute atomic E-state index is 0.476. The predicted octanol–water partition coefficient (Wildman–Crippen LogP) is 4.27. The number of likely N-dealkylation sites (tertiary alicyclic amines) is 1. The van der Waals surface area contributed by atoms with Crippen LogP contribution in [0.3, 0.4) is 0 Å². The molecular formula is C21H27N3O. The first-order chi connectivity index (χ1) is 12.3. The normalized spacial score (nSPS) is 22.2. The summed E-state index contributed by atoms with van der Waals surface area (Å²) in [5.41, 5.74) is 3.26. The number of hydrogen-bond donors (Lipinski definition) is 0. The Balaban J connectivity index is 1.61. The van der Waals surface area contributed by atoms with Crippen molar-refractivity contribution in [3.05, 3.63) is 42.4 Å². The monoisotopic (exact) mass is 337 g/mol. The van der Waals surface area contributed by atoms with E-state index < -0.39 is 0 Å². The molecule has 1 saturated heterocycles. The molecular weight excluding hydrogens is 310 g/mol. The van der Waals surface area contributed by atoms with E-state index >= 15 is 0 Å². The van der Waals surface area contributed by atoms with E-state index in [-0.39, 0.29) is 0 Å². The summed E-state index contributed by atoms with van der Waals surface area (Å²) >= 11 is 0. The molecule has 1 saturated carbocycles. The van der Waals surface area contributed by atoms with Crippen LogP contribution in [-0.2, 0) is 0 Å². The van der Waals surface area contributed by atoms with Crippen LogP contribution in [0.2, 0.25) is 0 Å². The third-order valence-corrected chi connectivity index (χ3v) is 5.75. The largest absolute Gasteiger partial charge is 0.497 e. The first kappa shape index (κ1) is 16.5. The van der Waals surface area contributed by atoms with Crippen molar-refractivity contribution >= 4 is 0 Å². The number of aromatic nitrogens is 2. The first-order valence-electron chi connectivity index (χ1n) is 9.54. The summed E-state index contributed by atoms with van der Waals surface area (Å²) in [6, 6.07) is 8.96. The average molecular weight is 337 g/mol. The van der Waals surface area contributed by atoms with Gasteiger partial charge in [-0.15, -0.1) is 0 Å². The Kier molecular flexibility index (Phi) is 4.97. The van der Waals surface area contributed by atoms with Crippen molar-refractivity contribution in [1.29, 1.82) is 0 Å². The average Bonchev–Trinajstić information content (AvgIpc) is 3.23. The van der Waals surface area contributed by atoms with Crippen LogP contribution in [0.15, 0.2) is 36.7 Å². The Bertz CT molecular complexity index is 712. The molecule has 2 heterocycles. The van der Waals surface area contributed by atoms with Crippen molar-refractivity contribution in [1.82, 2.24) is 14.9 Å². The molecule has 25 heavy (non-hydrogen) atoms. The maximum Gasteiger partial charge on any atom is 0.119 e. The van der Waals surface area contributed by atoms with Gasteiger partial charge in [-0.1, -0.05) is 25.0 Å². The van der Waals surface area contributed by atoms with Gasteiger partial charge in [0.25, 0.3) is 0 Å². The SMILES string of the molecule is COc1cccc(-c2nccnc2C2CCCN(C3CCCC3)C2)c1. The topological polar surface area (TPSA) is 38.3 Å². The summed E-state index contributed by atoms with van der Waals surface area (Å²) in [5, 5.41) is 0. The van der Waals surface area contributed by atoms with Gasteiger partial charge in [0.05, 0.1) is 18.5 Å². The van der Waals surface area contributed by atoms with Gasteiger partial charge in [0.15, 0.2) is 0 Å². The highest BCUT2D eigenvalue weighted by Gasteiger charge is 2.30. The zero-order valence-corrected chi connectivity index (χ0v) is 15.0. The van der Waals surface area contributed by atoms with Crippen LogP contribution in [-0.4, -0.2) is 41.1 Å². The van der Waals surface area contributed by atoms with Crippen molar-refractivity contribution in [2.45, 2.75) is 50.5 Å². The van der Waals surface area contributed by atoms with Crippen LogP contribution in [0.1, 0.15) is 50.1 Å². The summed E-state index contributed by atoms with van der Waals surface area (Å²) < 4.78 is 5.39. The van der Waals surface area contributed by atoms with Gasteiger partial charge in [-0.2, -0.15) is 0 Å². The fourth-order valence-electron chi connectivity index (χ4n) is 4.47. The number of piperidine rings is 1. The van der Waals surface area contributed by atoms with Crippen LogP contribution in [0.5, 0.6) is 5.75 Å². The first-order valence-corrected chi connectivity index (χ1v) is 9.54. The Hall–Kier alpha value is -1.94. The molecule has 4 heteroatoms. The summed E-state index contributed by atoms with van der Waals surface area (Å²) in [6.45, 7) is 2.37. The second kappa shape index (κ2) is 7.52. The van der Waals surface area contributed by atoms with E-state index in [2.05, 4.69) is 22.0 Å². The van der Waals surface area contributed by atoms with Crippen molar-refractivity contribution < 1.29 is 4.74 Å². The molecule has 0 N–H and O–H groups in total. The lowest BCUT2D eigenvalue weighted by Crippen LogP contribution is -2.41. The van der Waals surface area contributed by atoms with Crippen molar-refractivity contribution in [2.75, 3.05) is 20.2 Å². The highest BCUT2D eigenvalue weighted by molar-refractivity contribution is 5.64. The third kappa shape index (κ3) is 3.54. The molecule has 1 aliphatic heterocycles. The van der Waals surface area contributed by atoms with Gasteiger partial charge in [0.2, 0.25) is 0 Å². The van der Waals surface area contributed by atoms with Gasteiger partial charge < -0.3 is 4.74 Å². The minimum Gasteiger partial charge on any atom is -0.497 e. The van der Waals surface area contributed by atoms with Gasteiger partial charge in [0, 0.05) is 36.5 Å². The summed E-state index contributed by atoms with van der Waals surface area (Å²) in [7, 11) is 1.71. The molecule has 2 fully saturated rings. The maximum atomic E-state index is 5.39. The van der Waals surface area contributed by atoms with Gasteiger partial charge in [-0.05, 0) is 44.4 Å². The third-order valence-electron chi connectivity index (χ3n) is 5.75. The Morgan fingerprint density at radius 3 is 2.72 bits per heavy atom. The zero-order valence-electron chi connectivity index (χ0n) is 15.0. The van der Waals surface area contributed by atoms with E-state index in [4.69, 9.17) is 9.72 Å². The lowest BCUT2D eigenvalue weighted by Gasteiger charge is -2.37. The number of hydrogen-bond acceptors (Lipinski definition) is 4. The molecule has 4 rings (SSSR count). The summed E-state index contributed by atoms with van der Waals surface area (Å²) in [4.78, 5) is 12.2. The second-order valence-corrected chi connectivity index (χ2v) is 7.29. The van der Waals surface area contributed by atoms with Crippen LogP contribution in [0, 0.1) is 0 Å². The quantitative estimate of drug-likeness (QED) is 0.835. The molecule has 2 aromatic rings. The van der Waals surface area contributed by atoms with E-state index in [1.807, 2.05) is 18.3 Å². The van der Waals surface area contributed by atoms with E-state index in [9.17, 15) is 0 Å². The van der Waals surface area contributed by atoms with Crippen molar-refractivity contribution in [3.8, 4) is 17.0 Å². The number of rotatable bonds is 4. The smallest absolute Gasteiger partial charge is 0.119 e. The van der Waals surface area contributed by atoms with Crippen LogP contribution in [0.25, 0.3) is 11.3 Å². The lowest BCUT2D eigenvalue weighted by molar-refractivity contribution is 0.149. The number of ether oxygens (including phenoxy) is 1. The van der Waals surface area contributed by atoms with Crippen LogP contribution in [0.4, 0.5) is 0 Å². The van der Waals surface area contributed by atoms with Gasteiger partial charge in [-0.25, -0.2) is 0 Å². The molecule has 0 amide bonds. The predicted molar refractivity (Wildman–Crippen MR) is 99.8 cm³/mol. The molecule has 0 spiro atoms. The molecule has 1 aromatic carbocycles. The summed E-state index contributed by atoms with van der Waals surface area (Å²) in [5.74, 6) is 1.34. The van der Waals surface area contributed by atoms with E-state index in [0.717, 1.165) is 35.3 Å². The molecule has 0 bridgehead atoms. The fraction of sp³-hybridized carbons (Fsp3) is 0.524. The molecule has 132 valence electrons. The van der Waals surface area contributed by atoms with E-state index in [1.165, 1.54) is 45.1 Å². The van der Waals surface area contributed by atoms with Gasteiger partial charge in [0.1, 0.15) is 5.75 Å². The molecule has 4 nitrogen and oxygen atoms in total. The highest BCUT2D eigenvalue weighted by atomic mass is 16.5. The van der Waals surface area contributed by atoms with E-state index in [0.29, 0.717) is 5.92 Å². The standard InChI is InChI=1S/C21H27N3O/c1-25-19-10-4-6-16(14-19)20-21(23-12-11-22-20)17-7-5-13-24(15-17)18-8-2-3-9-18/h4,6,10-12,14,17-18H,2-3,5,7-9,13,15H2,1H3. The molecule has 2 aliphatic rings. The minimum atomic E-state index is 0.476. The summed E-state index contributed by atoms with van der Waals surface area (Å²) in [6.07, 6.45) is 11.6. The zero-order chi connectivity index (χ0) is 17.1. The second-order valence-electron chi connectivity index (χ2n) is 7.29. The Morgan fingerprint density at radius 2 is 1.88 bits per heavy atom. The molecule has 1 atom stereocenters. The van der Waals surface area contributed by atoms with E-state index in [1.54, 1.807) is 13.3 Å².